The Morgan fingerprint density at radius 2 is 1.50 bits per heavy atom. The van der Waals surface area contributed by atoms with Crippen LogP contribution in [0.25, 0.3) is 0 Å². The number of hydrogen-bond acceptors (Lipinski definition) is 2. The maximum atomic E-state index is 5.35. The van der Waals surface area contributed by atoms with Crippen LogP contribution in [-0.2, 0) is 9.47 Å². The molecule has 62 valence electrons. The summed E-state index contributed by atoms with van der Waals surface area (Å²) in [4.78, 5) is 0. The molecule has 0 aromatic rings. The van der Waals surface area contributed by atoms with Gasteiger partial charge < -0.3 is 9.47 Å². The van der Waals surface area contributed by atoms with Crippen molar-refractivity contribution < 1.29 is 9.47 Å². The Morgan fingerprint density at radius 3 is 1.80 bits per heavy atom. The van der Waals surface area contributed by atoms with E-state index in [1.165, 1.54) is 0 Å². The van der Waals surface area contributed by atoms with Gasteiger partial charge in [-0.1, -0.05) is 0 Å². The summed E-state index contributed by atoms with van der Waals surface area (Å²) in [7, 11) is 0. The van der Waals surface area contributed by atoms with E-state index in [1.54, 1.807) is 0 Å². The maximum Gasteiger partial charge on any atom is 0.215 e. The molecule has 2 nitrogen and oxygen atoms in total. The van der Waals surface area contributed by atoms with Crippen LogP contribution >= 0.6 is 39.1 Å². The quantitative estimate of drug-likeness (QED) is 0.532. The SMILES string of the molecule is ClCCOC(Br)OCCCl. The van der Waals surface area contributed by atoms with E-state index in [0.29, 0.717) is 25.0 Å². The van der Waals surface area contributed by atoms with Crippen LogP contribution in [0.15, 0.2) is 0 Å². The first-order valence-electron chi connectivity index (χ1n) is 2.80. The van der Waals surface area contributed by atoms with Gasteiger partial charge in [-0.2, -0.15) is 0 Å². The van der Waals surface area contributed by atoms with Gasteiger partial charge in [0, 0.05) is 11.8 Å². The van der Waals surface area contributed by atoms with Crippen LogP contribution in [-0.4, -0.2) is 30.2 Å². The summed E-state index contributed by atoms with van der Waals surface area (Å²) in [6.45, 7) is 0.944. The van der Waals surface area contributed by atoms with E-state index in [1.807, 2.05) is 0 Å². The van der Waals surface area contributed by atoms with E-state index < -0.39 is 0 Å². The van der Waals surface area contributed by atoms with Crippen molar-refractivity contribution in [1.29, 1.82) is 0 Å². The number of ether oxygens (including phenoxy) is 2. The van der Waals surface area contributed by atoms with E-state index >= 15 is 0 Å². The predicted molar refractivity (Wildman–Crippen MR) is 46.1 cm³/mol. The standard InChI is InChI=1S/C5H9BrCl2O2/c6-5(9-3-1-7)10-4-2-8/h5H,1-4H2. The number of alkyl halides is 3. The average Bonchev–Trinajstić information content (AvgIpc) is 1.97. The zero-order valence-corrected chi connectivity index (χ0v) is 8.45. The first-order chi connectivity index (χ1) is 4.81. The van der Waals surface area contributed by atoms with Crippen LogP contribution in [0.2, 0.25) is 0 Å². The van der Waals surface area contributed by atoms with Gasteiger partial charge in [-0.15, -0.1) is 23.2 Å². The molecule has 0 aliphatic heterocycles. The molecule has 0 heterocycles. The third-order valence-corrected chi connectivity index (χ3v) is 1.49. The van der Waals surface area contributed by atoms with Crippen LogP contribution in [0.3, 0.4) is 0 Å². The molecular formula is C5H9BrCl2O2. The van der Waals surface area contributed by atoms with E-state index in [4.69, 9.17) is 32.7 Å². The summed E-state index contributed by atoms with van der Waals surface area (Å²) in [5, 5.41) is -0.384. The summed E-state index contributed by atoms with van der Waals surface area (Å²) in [6, 6.07) is 0. The van der Waals surface area contributed by atoms with Gasteiger partial charge in [-0.3, -0.25) is 0 Å². The molecule has 0 saturated carbocycles. The van der Waals surface area contributed by atoms with E-state index in [2.05, 4.69) is 15.9 Å². The van der Waals surface area contributed by atoms with Gasteiger partial charge >= 0.3 is 0 Å². The normalized spacial score (nSPS) is 10.8. The molecule has 0 aromatic heterocycles. The van der Waals surface area contributed by atoms with Crippen LogP contribution in [0.1, 0.15) is 0 Å². The first kappa shape index (κ1) is 11.0. The van der Waals surface area contributed by atoms with Gasteiger partial charge in [0.05, 0.1) is 13.2 Å². The summed E-state index contributed by atoms with van der Waals surface area (Å²) >= 11 is 13.8. The minimum Gasteiger partial charge on any atom is -0.342 e. The Bertz CT molecular complexity index is 66.7. The Kier molecular flexibility index (Phi) is 8.87. The number of hydrogen-bond donors (Lipinski definition) is 0. The van der Waals surface area contributed by atoms with Crippen LogP contribution in [0.5, 0.6) is 0 Å². The second-order valence-electron chi connectivity index (χ2n) is 1.39. The van der Waals surface area contributed by atoms with Crippen molar-refractivity contribution in [1.82, 2.24) is 0 Å². The molecule has 0 unspecified atom stereocenters. The monoisotopic (exact) mass is 250 g/mol. The lowest BCUT2D eigenvalue weighted by molar-refractivity contribution is -0.0673. The fourth-order valence-corrected chi connectivity index (χ4v) is 0.875. The van der Waals surface area contributed by atoms with Gasteiger partial charge in [-0.25, -0.2) is 0 Å². The summed E-state index contributed by atoms with van der Waals surface area (Å²) in [5.41, 5.74) is 0. The highest BCUT2D eigenvalue weighted by Gasteiger charge is 2.00. The molecule has 10 heavy (non-hydrogen) atoms. The van der Waals surface area contributed by atoms with E-state index in [-0.39, 0.29) is 5.20 Å². The zero-order valence-electron chi connectivity index (χ0n) is 5.36. The molecule has 0 aliphatic carbocycles. The molecule has 0 radical (unpaired) electrons. The van der Waals surface area contributed by atoms with Crippen molar-refractivity contribution in [2.24, 2.45) is 0 Å². The topological polar surface area (TPSA) is 18.5 Å². The lowest BCUT2D eigenvalue weighted by Gasteiger charge is -2.09. The number of rotatable bonds is 6. The molecule has 0 spiro atoms. The van der Waals surface area contributed by atoms with Crippen LogP contribution < -0.4 is 0 Å². The van der Waals surface area contributed by atoms with Gasteiger partial charge in [0.1, 0.15) is 0 Å². The third kappa shape index (κ3) is 7.09. The lowest BCUT2D eigenvalue weighted by atomic mass is 10.8. The molecule has 0 bridgehead atoms. The molecule has 0 amide bonds. The van der Waals surface area contributed by atoms with Crippen molar-refractivity contribution in [3.63, 3.8) is 0 Å². The van der Waals surface area contributed by atoms with E-state index in [0.717, 1.165) is 0 Å². The van der Waals surface area contributed by atoms with Crippen molar-refractivity contribution in [3.8, 4) is 0 Å². The minimum atomic E-state index is -0.384. The molecule has 0 atom stereocenters. The van der Waals surface area contributed by atoms with Crippen molar-refractivity contribution in [2.75, 3.05) is 25.0 Å². The van der Waals surface area contributed by atoms with Crippen LogP contribution in [0.4, 0.5) is 0 Å². The molecular weight excluding hydrogens is 243 g/mol. The summed E-state index contributed by atoms with van der Waals surface area (Å²) < 4.78 is 9.99. The Morgan fingerprint density at radius 1 is 1.10 bits per heavy atom. The van der Waals surface area contributed by atoms with Crippen molar-refractivity contribution in [3.05, 3.63) is 0 Å². The fourth-order valence-electron chi connectivity index (χ4n) is 0.323. The minimum absolute atomic E-state index is 0.384. The smallest absolute Gasteiger partial charge is 0.215 e. The van der Waals surface area contributed by atoms with Gasteiger partial charge in [-0.05, 0) is 15.9 Å². The highest BCUT2D eigenvalue weighted by atomic mass is 79.9. The molecule has 0 saturated heterocycles. The molecule has 0 N–H and O–H groups in total. The summed E-state index contributed by atoms with van der Waals surface area (Å²) in [5.74, 6) is 0.929. The van der Waals surface area contributed by atoms with Gasteiger partial charge in [0.2, 0.25) is 5.20 Å². The highest BCUT2D eigenvalue weighted by molar-refractivity contribution is 9.09. The Balaban J connectivity index is 3.00. The molecule has 0 aromatic carbocycles. The van der Waals surface area contributed by atoms with Crippen molar-refractivity contribution >= 4 is 39.1 Å². The Labute approximate surface area is 78.9 Å². The fraction of sp³-hybridized carbons (Fsp3) is 1.00. The molecule has 0 aliphatic rings. The molecule has 0 rings (SSSR count). The number of halogens is 3. The molecule has 5 heteroatoms. The Hall–Kier alpha value is 0.980. The van der Waals surface area contributed by atoms with Gasteiger partial charge in [0.25, 0.3) is 0 Å². The first-order valence-corrected chi connectivity index (χ1v) is 4.79. The predicted octanol–water partition coefficient (Wildman–Crippen LogP) is 2.18. The maximum absolute atomic E-state index is 5.35. The largest absolute Gasteiger partial charge is 0.342 e. The zero-order chi connectivity index (χ0) is 7.82. The molecule has 0 fully saturated rings. The van der Waals surface area contributed by atoms with Crippen molar-refractivity contribution in [2.45, 2.75) is 5.20 Å². The highest BCUT2D eigenvalue weighted by Crippen LogP contribution is 2.03. The third-order valence-electron chi connectivity index (χ3n) is 0.652. The van der Waals surface area contributed by atoms with Gasteiger partial charge in [0.15, 0.2) is 0 Å². The van der Waals surface area contributed by atoms with Crippen LogP contribution in [0, 0.1) is 0 Å². The second kappa shape index (κ2) is 8.08. The summed E-state index contributed by atoms with van der Waals surface area (Å²) in [6.07, 6.45) is 0. The lowest BCUT2D eigenvalue weighted by Crippen LogP contribution is -2.12. The second-order valence-corrected chi connectivity index (χ2v) is 2.90. The van der Waals surface area contributed by atoms with E-state index in [9.17, 15) is 0 Å². The average molecular weight is 252 g/mol.